The molecule has 1 aliphatic rings. The summed E-state index contributed by atoms with van der Waals surface area (Å²) in [6, 6.07) is 12.4. The normalized spacial score (nSPS) is 17.1. The molecule has 0 bridgehead atoms. The number of halogens is 1. The Morgan fingerprint density at radius 1 is 0.969 bits per heavy atom. The summed E-state index contributed by atoms with van der Waals surface area (Å²) >= 11 is 0. The van der Waals surface area contributed by atoms with Gasteiger partial charge < -0.3 is 18.7 Å². The van der Waals surface area contributed by atoms with Crippen molar-refractivity contribution in [3.8, 4) is 28.6 Å². The quantitative estimate of drug-likeness (QED) is 0.475. The van der Waals surface area contributed by atoms with Gasteiger partial charge in [-0.05, 0) is 61.3 Å². The van der Waals surface area contributed by atoms with Crippen molar-refractivity contribution in [2.75, 3.05) is 27.9 Å². The average molecular weight is 441 g/mol. The van der Waals surface area contributed by atoms with E-state index in [0.717, 1.165) is 49.2 Å². The lowest BCUT2D eigenvalue weighted by Crippen LogP contribution is -2.28. The Hall–Kier alpha value is -3.06. The molecule has 32 heavy (non-hydrogen) atoms. The molecule has 0 amide bonds. The monoisotopic (exact) mass is 440 g/mol. The smallest absolute Gasteiger partial charge is 0.203 e. The third-order valence-electron chi connectivity index (χ3n) is 5.97. The molecular formula is C25H29FN2O4. The lowest BCUT2D eigenvalue weighted by Gasteiger charge is -2.28. The van der Waals surface area contributed by atoms with Crippen LogP contribution in [0.25, 0.3) is 11.3 Å². The van der Waals surface area contributed by atoms with E-state index >= 15 is 0 Å². The standard InChI is InChI=1S/C25H29FN2O4/c1-29-23-13-17(14-24(30-2)25(23)31-3)16-28-12-6-4-5-7-21(28)20-15-22(32-27-20)18-8-10-19(26)11-9-18/h8-11,13-15,21H,4-7,12,16H2,1-3H3/t21-/m0/s1. The van der Waals surface area contributed by atoms with Crippen LogP contribution in [0.2, 0.25) is 0 Å². The molecule has 0 N–H and O–H groups in total. The van der Waals surface area contributed by atoms with Gasteiger partial charge >= 0.3 is 0 Å². The van der Waals surface area contributed by atoms with E-state index in [0.29, 0.717) is 23.0 Å². The summed E-state index contributed by atoms with van der Waals surface area (Å²) in [6.07, 6.45) is 4.45. The molecule has 1 aromatic heterocycles. The maximum Gasteiger partial charge on any atom is 0.203 e. The number of ether oxygens (including phenoxy) is 3. The third kappa shape index (κ3) is 4.72. The van der Waals surface area contributed by atoms with Crippen LogP contribution in [0.15, 0.2) is 47.0 Å². The highest BCUT2D eigenvalue weighted by Gasteiger charge is 2.27. The van der Waals surface area contributed by atoms with Crippen LogP contribution in [0.5, 0.6) is 17.2 Å². The molecule has 4 rings (SSSR count). The van der Waals surface area contributed by atoms with Gasteiger partial charge in [0.05, 0.1) is 27.4 Å². The van der Waals surface area contributed by atoms with Gasteiger partial charge in [0.25, 0.3) is 0 Å². The van der Waals surface area contributed by atoms with Gasteiger partial charge in [-0.2, -0.15) is 0 Å². The maximum atomic E-state index is 13.3. The molecule has 2 heterocycles. The molecule has 0 spiro atoms. The molecule has 6 nitrogen and oxygen atoms in total. The number of likely N-dealkylation sites (tertiary alicyclic amines) is 1. The average Bonchev–Trinajstić information content (AvgIpc) is 3.19. The van der Waals surface area contributed by atoms with Crippen molar-refractivity contribution in [3.05, 3.63) is 59.5 Å². The molecule has 1 atom stereocenters. The zero-order valence-corrected chi connectivity index (χ0v) is 18.8. The first kappa shape index (κ1) is 22.1. The predicted octanol–water partition coefficient (Wildman–Crippen LogP) is 5.62. The SMILES string of the molecule is COc1cc(CN2CCCCC[C@H]2c2cc(-c3ccc(F)cc3)on2)cc(OC)c1OC. The van der Waals surface area contributed by atoms with Gasteiger partial charge in [0.1, 0.15) is 11.5 Å². The Balaban J connectivity index is 1.61. The molecule has 7 heteroatoms. The van der Waals surface area contributed by atoms with Crippen molar-refractivity contribution >= 4 is 0 Å². The summed E-state index contributed by atoms with van der Waals surface area (Å²) in [4.78, 5) is 2.43. The van der Waals surface area contributed by atoms with E-state index in [1.54, 1.807) is 33.5 Å². The Bertz CT molecular complexity index is 1010. The van der Waals surface area contributed by atoms with Crippen LogP contribution < -0.4 is 14.2 Å². The number of aromatic nitrogens is 1. The maximum absolute atomic E-state index is 13.3. The fraction of sp³-hybridized carbons (Fsp3) is 0.400. The highest BCUT2D eigenvalue weighted by atomic mass is 19.1. The van der Waals surface area contributed by atoms with E-state index in [1.807, 2.05) is 18.2 Å². The Morgan fingerprint density at radius 2 is 1.69 bits per heavy atom. The van der Waals surface area contributed by atoms with E-state index in [2.05, 4.69) is 10.1 Å². The van der Waals surface area contributed by atoms with Gasteiger partial charge in [0, 0.05) is 18.2 Å². The minimum atomic E-state index is -0.270. The lowest BCUT2D eigenvalue weighted by atomic mass is 10.0. The molecule has 170 valence electrons. The van der Waals surface area contributed by atoms with Crippen LogP contribution in [-0.4, -0.2) is 37.9 Å². The van der Waals surface area contributed by atoms with Crippen molar-refractivity contribution in [2.45, 2.75) is 38.3 Å². The van der Waals surface area contributed by atoms with Gasteiger partial charge in [-0.15, -0.1) is 0 Å². The highest BCUT2D eigenvalue weighted by Crippen LogP contribution is 2.40. The first-order valence-electron chi connectivity index (χ1n) is 10.9. The van der Waals surface area contributed by atoms with Gasteiger partial charge in [-0.1, -0.05) is 18.0 Å². The molecule has 3 aromatic rings. The molecule has 0 unspecified atom stereocenters. The van der Waals surface area contributed by atoms with Crippen LogP contribution in [-0.2, 0) is 6.54 Å². The van der Waals surface area contributed by atoms with Crippen molar-refractivity contribution in [2.24, 2.45) is 0 Å². The van der Waals surface area contributed by atoms with E-state index in [4.69, 9.17) is 18.7 Å². The first-order chi connectivity index (χ1) is 15.6. The largest absolute Gasteiger partial charge is 0.493 e. The van der Waals surface area contributed by atoms with E-state index in [1.165, 1.54) is 18.6 Å². The van der Waals surface area contributed by atoms with Crippen LogP contribution >= 0.6 is 0 Å². The van der Waals surface area contributed by atoms with Crippen molar-refractivity contribution in [3.63, 3.8) is 0 Å². The van der Waals surface area contributed by atoms with E-state index < -0.39 is 0 Å². The number of hydrogen-bond acceptors (Lipinski definition) is 6. The van der Waals surface area contributed by atoms with E-state index in [9.17, 15) is 4.39 Å². The zero-order chi connectivity index (χ0) is 22.5. The Morgan fingerprint density at radius 3 is 2.34 bits per heavy atom. The van der Waals surface area contributed by atoms with Gasteiger partial charge in [-0.3, -0.25) is 4.90 Å². The molecule has 2 aromatic carbocycles. The van der Waals surface area contributed by atoms with Crippen LogP contribution in [0.4, 0.5) is 4.39 Å². The summed E-state index contributed by atoms with van der Waals surface area (Å²) < 4.78 is 35.4. The number of nitrogens with zero attached hydrogens (tertiary/aromatic N) is 2. The van der Waals surface area contributed by atoms with Gasteiger partial charge in [-0.25, -0.2) is 4.39 Å². The number of methoxy groups -OCH3 is 3. The van der Waals surface area contributed by atoms with Crippen LogP contribution in [0.1, 0.15) is 43.0 Å². The molecule has 0 radical (unpaired) electrons. The first-order valence-corrected chi connectivity index (χ1v) is 10.9. The number of benzene rings is 2. The summed E-state index contributed by atoms with van der Waals surface area (Å²) in [5.74, 6) is 2.26. The summed E-state index contributed by atoms with van der Waals surface area (Å²) in [7, 11) is 4.86. The number of rotatable bonds is 7. The fourth-order valence-corrected chi connectivity index (χ4v) is 4.35. The zero-order valence-electron chi connectivity index (χ0n) is 18.8. The lowest BCUT2D eigenvalue weighted by molar-refractivity contribution is 0.183. The topological polar surface area (TPSA) is 57.0 Å². The summed E-state index contributed by atoms with van der Waals surface area (Å²) in [5.41, 5.74) is 2.79. The molecule has 1 saturated heterocycles. The van der Waals surface area contributed by atoms with Crippen molar-refractivity contribution in [1.82, 2.24) is 10.1 Å². The van der Waals surface area contributed by atoms with Crippen LogP contribution in [0, 0.1) is 5.82 Å². The second-order valence-electron chi connectivity index (χ2n) is 7.99. The highest BCUT2D eigenvalue weighted by molar-refractivity contribution is 5.57. The predicted molar refractivity (Wildman–Crippen MR) is 120 cm³/mol. The molecular weight excluding hydrogens is 411 g/mol. The fourth-order valence-electron chi connectivity index (χ4n) is 4.35. The Labute approximate surface area is 187 Å². The van der Waals surface area contributed by atoms with Gasteiger partial charge in [0.15, 0.2) is 17.3 Å². The van der Waals surface area contributed by atoms with E-state index in [-0.39, 0.29) is 11.9 Å². The minimum Gasteiger partial charge on any atom is -0.493 e. The number of hydrogen-bond donors (Lipinski definition) is 0. The molecule has 1 aliphatic heterocycles. The molecule has 0 aliphatic carbocycles. The minimum absolute atomic E-state index is 0.134. The molecule has 1 fully saturated rings. The molecule has 0 saturated carbocycles. The van der Waals surface area contributed by atoms with Gasteiger partial charge in [0.2, 0.25) is 5.75 Å². The summed E-state index contributed by atoms with van der Waals surface area (Å²) in [5, 5.41) is 4.39. The summed E-state index contributed by atoms with van der Waals surface area (Å²) in [6.45, 7) is 1.68. The second-order valence-corrected chi connectivity index (χ2v) is 7.99. The Kier molecular flexibility index (Phi) is 6.95. The van der Waals surface area contributed by atoms with Crippen LogP contribution in [0.3, 0.4) is 0 Å². The second kappa shape index (κ2) is 10.0. The van der Waals surface area contributed by atoms with Crippen molar-refractivity contribution < 1.29 is 23.1 Å². The van der Waals surface area contributed by atoms with Crippen molar-refractivity contribution in [1.29, 1.82) is 0 Å². The third-order valence-corrected chi connectivity index (χ3v) is 5.97.